The molecular formula is C18H23N3O2S. The molecule has 0 aliphatic carbocycles. The SMILES string of the molecule is Cc1ccc(S(=O)(=O)NCC(CN2CCC2)c2cccnc2)cc1. The van der Waals surface area contributed by atoms with Crippen LogP contribution in [-0.4, -0.2) is 44.5 Å². The lowest BCUT2D eigenvalue weighted by atomic mass is 9.99. The minimum absolute atomic E-state index is 0.0965. The van der Waals surface area contributed by atoms with Gasteiger partial charge in [-0.15, -0.1) is 0 Å². The fourth-order valence-corrected chi connectivity index (χ4v) is 3.87. The minimum atomic E-state index is -3.49. The van der Waals surface area contributed by atoms with Crippen LogP contribution in [0.5, 0.6) is 0 Å². The summed E-state index contributed by atoms with van der Waals surface area (Å²) in [4.78, 5) is 6.83. The standard InChI is InChI=1S/C18H23N3O2S/c1-15-5-7-18(8-6-15)24(22,23)20-13-17(14-21-10-3-11-21)16-4-2-9-19-12-16/h2,4-9,12,17,20H,3,10-11,13-14H2,1H3. The molecule has 1 aromatic heterocycles. The molecule has 5 nitrogen and oxygen atoms in total. The van der Waals surface area contributed by atoms with Crippen molar-refractivity contribution in [3.05, 3.63) is 59.9 Å². The van der Waals surface area contributed by atoms with Crippen molar-refractivity contribution in [2.45, 2.75) is 24.2 Å². The molecule has 0 radical (unpaired) electrons. The van der Waals surface area contributed by atoms with Gasteiger partial charge in [0.1, 0.15) is 0 Å². The average molecular weight is 345 g/mol. The van der Waals surface area contributed by atoms with Crippen LogP contribution in [0.3, 0.4) is 0 Å². The van der Waals surface area contributed by atoms with Crippen LogP contribution in [-0.2, 0) is 10.0 Å². The molecule has 2 heterocycles. The summed E-state index contributed by atoms with van der Waals surface area (Å²) in [5.41, 5.74) is 2.11. The topological polar surface area (TPSA) is 62.3 Å². The summed E-state index contributed by atoms with van der Waals surface area (Å²) in [5.74, 6) is 0.0965. The molecule has 1 N–H and O–H groups in total. The maximum absolute atomic E-state index is 12.5. The van der Waals surface area contributed by atoms with Gasteiger partial charge in [-0.3, -0.25) is 4.98 Å². The van der Waals surface area contributed by atoms with Gasteiger partial charge in [-0.05, 0) is 50.2 Å². The second-order valence-electron chi connectivity index (χ2n) is 6.30. The van der Waals surface area contributed by atoms with Gasteiger partial charge in [-0.25, -0.2) is 13.1 Å². The summed E-state index contributed by atoms with van der Waals surface area (Å²) in [5, 5.41) is 0. The maximum atomic E-state index is 12.5. The largest absolute Gasteiger partial charge is 0.303 e. The lowest BCUT2D eigenvalue weighted by Gasteiger charge is -2.34. The summed E-state index contributed by atoms with van der Waals surface area (Å²) in [6.07, 6.45) is 4.78. The molecule has 128 valence electrons. The molecule has 1 aliphatic rings. The lowest BCUT2D eigenvalue weighted by molar-refractivity contribution is 0.170. The van der Waals surface area contributed by atoms with Gasteiger partial charge in [0.15, 0.2) is 0 Å². The Hall–Kier alpha value is -1.76. The first-order valence-electron chi connectivity index (χ1n) is 8.23. The van der Waals surface area contributed by atoms with E-state index in [0.29, 0.717) is 11.4 Å². The number of nitrogens with one attached hydrogen (secondary N) is 1. The van der Waals surface area contributed by atoms with Crippen LogP contribution in [0, 0.1) is 6.92 Å². The second kappa shape index (κ2) is 7.42. The van der Waals surface area contributed by atoms with Gasteiger partial charge in [0.05, 0.1) is 4.90 Å². The van der Waals surface area contributed by atoms with Gasteiger partial charge in [0.2, 0.25) is 10.0 Å². The number of nitrogens with zero attached hydrogens (tertiary/aromatic N) is 2. The van der Waals surface area contributed by atoms with Crippen LogP contribution >= 0.6 is 0 Å². The van der Waals surface area contributed by atoms with Gasteiger partial charge >= 0.3 is 0 Å². The number of hydrogen-bond acceptors (Lipinski definition) is 4. The molecule has 1 aliphatic heterocycles. The van der Waals surface area contributed by atoms with Crippen molar-refractivity contribution in [3.8, 4) is 0 Å². The van der Waals surface area contributed by atoms with Crippen molar-refractivity contribution in [2.75, 3.05) is 26.2 Å². The zero-order valence-electron chi connectivity index (χ0n) is 13.9. The highest BCUT2D eigenvalue weighted by atomic mass is 32.2. The van der Waals surface area contributed by atoms with E-state index in [9.17, 15) is 8.42 Å². The van der Waals surface area contributed by atoms with Crippen LogP contribution in [0.1, 0.15) is 23.5 Å². The summed E-state index contributed by atoms with van der Waals surface area (Å²) in [6, 6.07) is 10.8. The van der Waals surface area contributed by atoms with E-state index in [1.807, 2.05) is 37.4 Å². The third-order valence-electron chi connectivity index (χ3n) is 4.43. The molecule has 6 heteroatoms. The van der Waals surface area contributed by atoms with Gasteiger partial charge in [-0.2, -0.15) is 0 Å². The summed E-state index contributed by atoms with van der Waals surface area (Å²) < 4.78 is 27.8. The first-order chi connectivity index (χ1) is 11.5. The zero-order valence-corrected chi connectivity index (χ0v) is 14.7. The Bertz CT molecular complexity index is 757. The molecule has 0 saturated carbocycles. The van der Waals surface area contributed by atoms with E-state index in [1.54, 1.807) is 18.3 Å². The Labute approximate surface area is 143 Å². The number of aryl methyl sites for hydroxylation is 1. The quantitative estimate of drug-likeness (QED) is 0.835. The van der Waals surface area contributed by atoms with Crippen LogP contribution in [0.4, 0.5) is 0 Å². The van der Waals surface area contributed by atoms with E-state index in [-0.39, 0.29) is 5.92 Å². The Morgan fingerprint density at radius 2 is 1.96 bits per heavy atom. The number of pyridine rings is 1. The normalized spacial score (nSPS) is 16.5. The predicted molar refractivity (Wildman–Crippen MR) is 94.4 cm³/mol. The molecule has 1 atom stereocenters. The summed E-state index contributed by atoms with van der Waals surface area (Å²) >= 11 is 0. The van der Waals surface area contributed by atoms with Crippen LogP contribution in [0.2, 0.25) is 0 Å². The molecule has 0 amide bonds. The number of likely N-dealkylation sites (tertiary alicyclic amines) is 1. The molecule has 0 bridgehead atoms. The van der Waals surface area contributed by atoms with Crippen molar-refractivity contribution in [3.63, 3.8) is 0 Å². The van der Waals surface area contributed by atoms with E-state index >= 15 is 0 Å². The number of sulfonamides is 1. The Morgan fingerprint density at radius 3 is 2.54 bits per heavy atom. The fourth-order valence-electron chi connectivity index (χ4n) is 2.79. The zero-order chi connectivity index (χ0) is 17.0. The van der Waals surface area contributed by atoms with Gasteiger partial charge < -0.3 is 4.90 Å². The second-order valence-corrected chi connectivity index (χ2v) is 8.07. The smallest absolute Gasteiger partial charge is 0.240 e. The Balaban J connectivity index is 1.71. The fraction of sp³-hybridized carbons (Fsp3) is 0.389. The van der Waals surface area contributed by atoms with Crippen LogP contribution < -0.4 is 4.72 Å². The van der Waals surface area contributed by atoms with E-state index in [0.717, 1.165) is 30.8 Å². The molecule has 24 heavy (non-hydrogen) atoms. The third-order valence-corrected chi connectivity index (χ3v) is 5.87. The van der Waals surface area contributed by atoms with Crippen molar-refractivity contribution in [2.24, 2.45) is 0 Å². The first-order valence-corrected chi connectivity index (χ1v) is 9.71. The van der Waals surface area contributed by atoms with Crippen LogP contribution in [0.15, 0.2) is 53.7 Å². The minimum Gasteiger partial charge on any atom is -0.303 e. The van der Waals surface area contributed by atoms with Gasteiger partial charge in [0.25, 0.3) is 0 Å². The molecule has 2 aromatic rings. The number of aromatic nitrogens is 1. The average Bonchev–Trinajstić information content (AvgIpc) is 2.54. The van der Waals surface area contributed by atoms with Crippen LogP contribution in [0.25, 0.3) is 0 Å². The van der Waals surface area contributed by atoms with Crippen molar-refractivity contribution in [1.29, 1.82) is 0 Å². The Morgan fingerprint density at radius 1 is 1.21 bits per heavy atom. The molecule has 1 unspecified atom stereocenters. The van der Waals surface area contributed by atoms with E-state index in [4.69, 9.17) is 0 Å². The maximum Gasteiger partial charge on any atom is 0.240 e. The highest BCUT2D eigenvalue weighted by molar-refractivity contribution is 7.89. The van der Waals surface area contributed by atoms with Crippen molar-refractivity contribution >= 4 is 10.0 Å². The predicted octanol–water partition coefficient (Wildman–Crippen LogP) is 2.16. The highest BCUT2D eigenvalue weighted by Crippen LogP contribution is 2.20. The molecule has 1 aromatic carbocycles. The molecular weight excluding hydrogens is 322 g/mol. The van der Waals surface area contributed by atoms with Crippen molar-refractivity contribution < 1.29 is 8.42 Å². The van der Waals surface area contributed by atoms with E-state index in [1.165, 1.54) is 6.42 Å². The lowest BCUT2D eigenvalue weighted by Crippen LogP contribution is -2.42. The molecule has 1 saturated heterocycles. The number of hydrogen-bond donors (Lipinski definition) is 1. The number of benzene rings is 1. The van der Waals surface area contributed by atoms with Crippen molar-refractivity contribution in [1.82, 2.24) is 14.6 Å². The molecule has 3 rings (SSSR count). The summed E-state index contributed by atoms with van der Waals surface area (Å²) in [6.45, 7) is 5.33. The highest BCUT2D eigenvalue weighted by Gasteiger charge is 2.23. The van der Waals surface area contributed by atoms with Gasteiger partial charge in [0, 0.05) is 31.4 Å². The molecule has 0 spiro atoms. The first kappa shape index (κ1) is 17.1. The van der Waals surface area contributed by atoms with E-state index in [2.05, 4.69) is 14.6 Å². The van der Waals surface area contributed by atoms with E-state index < -0.39 is 10.0 Å². The third kappa shape index (κ3) is 4.20. The Kier molecular flexibility index (Phi) is 5.28. The number of rotatable bonds is 7. The monoisotopic (exact) mass is 345 g/mol. The molecule has 1 fully saturated rings. The summed E-state index contributed by atoms with van der Waals surface area (Å²) in [7, 11) is -3.49. The van der Waals surface area contributed by atoms with Gasteiger partial charge in [-0.1, -0.05) is 23.8 Å².